The van der Waals surface area contributed by atoms with Crippen molar-refractivity contribution in [3.8, 4) is 16.9 Å². The quantitative estimate of drug-likeness (QED) is 0.848. The van der Waals surface area contributed by atoms with Gasteiger partial charge in [-0.2, -0.15) is 0 Å². The first-order valence-corrected chi connectivity index (χ1v) is 9.86. The number of nitrogens with zero attached hydrogens (tertiary/aromatic N) is 1. The summed E-state index contributed by atoms with van der Waals surface area (Å²) in [5.41, 5.74) is 3.78. The highest BCUT2D eigenvalue weighted by Gasteiger charge is 2.38. The van der Waals surface area contributed by atoms with Gasteiger partial charge in [-0.3, -0.25) is 0 Å². The van der Waals surface area contributed by atoms with Crippen LogP contribution >= 0.6 is 0 Å². The van der Waals surface area contributed by atoms with Crippen LogP contribution in [0.5, 0.6) is 5.75 Å². The number of hydrogen-bond donors (Lipinski definition) is 1. The standard InChI is InChI=1S/C23H29NO2/c1-26-21-7-3-5-19(15-21)18-4-2-6-20(14-18)22(10-13-25)23-16-24-11-8-17(23)9-12-24/h2-7,14-15,17,22-23,25H,8-13,16H2,1H3. The topological polar surface area (TPSA) is 32.7 Å². The van der Waals surface area contributed by atoms with E-state index in [0.29, 0.717) is 11.8 Å². The third kappa shape index (κ3) is 3.51. The Hall–Kier alpha value is -1.84. The van der Waals surface area contributed by atoms with Crippen molar-refractivity contribution in [1.29, 1.82) is 0 Å². The van der Waals surface area contributed by atoms with E-state index >= 15 is 0 Å². The lowest BCUT2D eigenvalue weighted by Gasteiger charge is -2.48. The summed E-state index contributed by atoms with van der Waals surface area (Å²) in [6, 6.07) is 17.2. The number of benzene rings is 2. The normalized spacial score (nSPS) is 25.8. The predicted octanol–water partition coefficient (Wildman–Crippen LogP) is 4.17. The second-order valence-corrected chi connectivity index (χ2v) is 7.78. The van der Waals surface area contributed by atoms with Crippen LogP contribution in [-0.4, -0.2) is 43.4 Å². The number of aliphatic hydroxyl groups excluding tert-OH is 1. The molecule has 5 rings (SSSR count). The van der Waals surface area contributed by atoms with Crippen LogP contribution in [0, 0.1) is 11.8 Å². The fourth-order valence-corrected chi connectivity index (χ4v) is 4.99. The van der Waals surface area contributed by atoms with E-state index < -0.39 is 0 Å². The Bertz CT molecular complexity index is 736. The second-order valence-electron chi connectivity index (χ2n) is 7.78. The largest absolute Gasteiger partial charge is 0.497 e. The summed E-state index contributed by atoms with van der Waals surface area (Å²) in [6.45, 7) is 3.98. The monoisotopic (exact) mass is 351 g/mol. The Labute approximate surface area is 156 Å². The van der Waals surface area contributed by atoms with Gasteiger partial charge in [0.25, 0.3) is 0 Å². The summed E-state index contributed by atoms with van der Waals surface area (Å²) >= 11 is 0. The van der Waals surface area contributed by atoms with E-state index in [2.05, 4.69) is 41.3 Å². The van der Waals surface area contributed by atoms with Gasteiger partial charge in [0.05, 0.1) is 7.11 Å². The molecule has 3 aliphatic rings. The average molecular weight is 351 g/mol. The highest BCUT2D eigenvalue weighted by molar-refractivity contribution is 5.66. The maximum absolute atomic E-state index is 9.72. The van der Waals surface area contributed by atoms with E-state index in [9.17, 15) is 5.11 Å². The Morgan fingerprint density at radius 2 is 1.81 bits per heavy atom. The lowest BCUT2D eigenvalue weighted by atomic mass is 9.69. The molecular formula is C23H29NO2. The molecule has 0 radical (unpaired) electrons. The fraction of sp³-hybridized carbons (Fsp3) is 0.478. The number of methoxy groups -OCH3 is 1. The van der Waals surface area contributed by atoms with Gasteiger partial charge in [-0.05, 0) is 78.9 Å². The minimum Gasteiger partial charge on any atom is -0.497 e. The van der Waals surface area contributed by atoms with E-state index in [1.54, 1.807) is 7.11 Å². The van der Waals surface area contributed by atoms with Crippen LogP contribution in [0.3, 0.4) is 0 Å². The summed E-state index contributed by atoms with van der Waals surface area (Å²) in [5.74, 6) is 2.82. The molecule has 3 nitrogen and oxygen atoms in total. The minimum atomic E-state index is 0.261. The van der Waals surface area contributed by atoms with Gasteiger partial charge in [-0.25, -0.2) is 0 Å². The molecule has 0 aromatic heterocycles. The van der Waals surface area contributed by atoms with Gasteiger partial charge in [0.1, 0.15) is 5.75 Å². The lowest BCUT2D eigenvalue weighted by molar-refractivity contribution is 0.0318. The SMILES string of the molecule is COc1cccc(-c2cccc(C(CCO)C3CN4CCC3CC4)c2)c1. The van der Waals surface area contributed by atoms with Crippen LogP contribution in [0.15, 0.2) is 48.5 Å². The molecule has 2 atom stereocenters. The van der Waals surface area contributed by atoms with Gasteiger partial charge in [0.2, 0.25) is 0 Å². The molecule has 0 saturated carbocycles. The van der Waals surface area contributed by atoms with Crippen LogP contribution < -0.4 is 4.74 Å². The summed E-state index contributed by atoms with van der Waals surface area (Å²) in [7, 11) is 1.71. The Morgan fingerprint density at radius 3 is 2.46 bits per heavy atom. The third-order valence-electron chi connectivity index (χ3n) is 6.38. The molecule has 0 aliphatic carbocycles. The molecule has 3 fully saturated rings. The van der Waals surface area contributed by atoms with E-state index in [0.717, 1.165) is 18.1 Å². The number of rotatable bonds is 6. The Morgan fingerprint density at radius 1 is 1.08 bits per heavy atom. The molecule has 26 heavy (non-hydrogen) atoms. The zero-order valence-electron chi connectivity index (χ0n) is 15.6. The van der Waals surface area contributed by atoms with Crippen molar-refractivity contribution in [3.05, 3.63) is 54.1 Å². The van der Waals surface area contributed by atoms with Gasteiger partial charge < -0.3 is 14.7 Å². The first kappa shape index (κ1) is 17.6. The molecule has 3 heteroatoms. The highest BCUT2D eigenvalue weighted by Crippen LogP contribution is 2.43. The molecule has 2 aromatic rings. The van der Waals surface area contributed by atoms with Crippen molar-refractivity contribution in [2.45, 2.75) is 25.2 Å². The molecule has 2 bridgehead atoms. The van der Waals surface area contributed by atoms with E-state index in [-0.39, 0.29) is 6.61 Å². The summed E-state index contributed by atoms with van der Waals surface area (Å²) in [5, 5.41) is 9.72. The molecule has 2 unspecified atom stereocenters. The smallest absolute Gasteiger partial charge is 0.119 e. The summed E-state index contributed by atoms with van der Waals surface area (Å²) in [4.78, 5) is 2.61. The average Bonchev–Trinajstić information content (AvgIpc) is 2.73. The molecule has 0 spiro atoms. The first-order chi connectivity index (χ1) is 12.8. The van der Waals surface area contributed by atoms with Crippen LogP contribution in [0.1, 0.15) is 30.7 Å². The van der Waals surface area contributed by atoms with Crippen molar-refractivity contribution in [2.75, 3.05) is 33.4 Å². The van der Waals surface area contributed by atoms with Crippen LogP contribution in [0.2, 0.25) is 0 Å². The Balaban J connectivity index is 1.64. The maximum atomic E-state index is 9.72. The van der Waals surface area contributed by atoms with Crippen molar-refractivity contribution in [1.82, 2.24) is 4.90 Å². The van der Waals surface area contributed by atoms with Crippen LogP contribution in [-0.2, 0) is 0 Å². The maximum Gasteiger partial charge on any atom is 0.119 e. The van der Waals surface area contributed by atoms with E-state index in [4.69, 9.17) is 4.74 Å². The number of ether oxygens (including phenoxy) is 1. The summed E-state index contributed by atoms with van der Waals surface area (Å²) in [6.07, 6.45) is 3.50. The first-order valence-electron chi connectivity index (χ1n) is 9.86. The number of fused-ring (bicyclic) bond motifs is 3. The number of hydrogen-bond acceptors (Lipinski definition) is 3. The Kier molecular flexibility index (Phi) is 5.28. The molecule has 138 valence electrons. The minimum absolute atomic E-state index is 0.261. The van der Waals surface area contributed by atoms with Gasteiger partial charge in [0.15, 0.2) is 0 Å². The van der Waals surface area contributed by atoms with Crippen molar-refractivity contribution in [2.24, 2.45) is 11.8 Å². The molecule has 1 N–H and O–H groups in total. The second kappa shape index (κ2) is 7.81. The van der Waals surface area contributed by atoms with Crippen molar-refractivity contribution < 1.29 is 9.84 Å². The van der Waals surface area contributed by atoms with Crippen molar-refractivity contribution in [3.63, 3.8) is 0 Å². The van der Waals surface area contributed by atoms with Gasteiger partial charge in [-0.15, -0.1) is 0 Å². The zero-order valence-corrected chi connectivity index (χ0v) is 15.6. The van der Waals surface area contributed by atoms with Gasteiger partial charge >= 0.3 is 0 Å². The molecule has 3 heterocycles. The van der Waals surface area contributed by atoms with E-state index in [1.807, 2.05) is 12.1 Å². The molecular weight excluding hydrogens is 322 g/mol. The number of piperidine rings is 3. The van der Waals surface area contributed by atoms with Gasteiger partial charge in [0, 0.05) is 13.2 Å². The summed E-state index contributed by atoms with van der Waals surface area (Å²) < 4.78 is 5.38. The highest BCUT2D eigenvalue weighted by atomic mass is 16.5. The number of aliphatic hydroxyl groups is 1. The molecule has 3 aliphatic heterocycles. The van der Waals surface area contributed by atoms with Crippen LogP contribution in [0.4, 0.5) is 0 Å². The van der Waals surface area contributed by atoms with Gasteiger partial charge in [-0.1, -0.05) is 36.4 Å². The molecule has 0 amide bonds. The molecule has 3 saturated heterocycles. The predicted molar refractivity (Wildman–Crippen MR) is 106 cm³/mol. The van der Waals surface area contributed by atoms with E-state index in [1.165, 1.54) is 49.2 Å². The van der Waals surface area contributed by atoms with Crippen LogP contribution in [0.25, 0.3) is 11.1 Å². The third-order valence-corrected chi connectivity index (χ3v) is 6.38. The van der Waals surface area contributed by atoms with Crippen molar-refractivity contribution >= 4 is 0 Å². The zero-order chi connectivity index (χ0) is 17.9. The lowest BCUT2D eigenvalue weighted by Crippen LogP contribution is -2.49. The molecule has 2 aromatic carbocycles. The fourth-order valence-electron chi connectivity index (χ4n) is 4.99.